The van der Waals surface area contributed by atoms with Crippen LogP contribution in [0, 0.1) is 11.3 Å². The van der Waals surface area contributed by atoms with Crippen LogP contribution < -0.4 is 19.9 Å². The molecule has 5 aromatic rings. The SMILES string of the molecule is CCOc1cc([C@H]2C(C#N)=C(N)Oc3c2ccc2ccccc32)ccc1OCc1cccc2ccccc12. The van der Waals surface area contributed by atoms with Crippen LogP contribution in [0.3, 0.4) is 0 Å². The molecule has 0 radical (unpaired) electrons. The Balaban J connectivity index is 1.39. The van der Waals surface area contributed by atoms with Gasteiger partial charge in [0.15, 0.2) is 11.5 Å². The minimum atomic E-state index is -0.389. The van der Waals surface area contributed by atoms with Gasteiger partial charge in [0.05, 0.1) is 12.5 Å². The maximum Gasteiger partial charge on any atom is 0.205 e. The number of allylic oxidation sites excluding steroid dienone is 1. The van der Waals surface area contributed by atoms with Gasteiger partial charge in [0.25, 0.3) is 0 Å². The zero-order valence-corrected chi connectivity index (χ0v) is 21.0. The molecule has 0 saturated carbocycles. The molecule has 0 aliphatic carbocycles. The maximum absolute atomic E-state index is 10.0. The van der Waals surface area contributed by atoms with Gasteiger partial charge in [-0.2, -0.15) is 5.26 Å². The molecule has 1 aliphatic rings. The molecule has 1 atom stereocenters. The zero-order valence-electron chi connectivity index (χ0n) is 21.0. The van der Waals surface area contributed by atoms with Gasteiger partial charge < -0.3 is 19.9 Å². The normalized spacial score (nSPS) is 14.6. The fourth-order valence-electron chi connectivity index (χ4n) is 5.20. The smallest absolute Gasteiger partial charge is 0.205 e. The average molecular weight is 499 g/mol. The summed E-state index contributed by atoms with van der Waals surface area (Å²) in [6.45, 7) is 2.82. The second kappa shape index (κ2) is 9.84. The summed E-state index contributed by atoms with van der Waals surface area (Å²) >= 11 is 0. The van der Waals surface area contributed by atoms with Crippen LogP contribution in [0.2, 0.25) is 0 Å². The Kier molecular flexibility index (Phi) is 6.07. The zero-order chi connectivity index (χ0) is 26.1. The number of hydrogen-bond donors (Lipinski definition) is 1. The third-order valence-corrected chi connectivity index (χ3v) is 6.97. The molecule has 0 aromatic heterocycles. The van der Waals surface area contributed by atoms with Crippen molar-refractivity contribution in [2.75, 3.05) is 6.61 Å². The Labute approximate surface area is 221 Å². The van der Waals surface area contributed by atoms with Crippen LogP contribution >= 0.6 is 0 Å². The van der Waals surface area contributed by atoms with E-state index in [0.717, 1.165) is 32.8 Å². The third-order valence-electron chi connectivity index (χ3n) is 6.97. The largest absolute Gasteiger partial charge is 0.490 e. The minimum Gasteiger partial charge on any atom is -0.490 e. The van der Waals surface area contributed by atoms with Crippen molar-refractivity contribution in [2.24, 2.45) is 5.73 Å². The van der Waals surface area contributed by atoms with Crippen molar-refractivity contribution in [1.29, 1.82) is 5.26 Å². The topological polar surface area (TPSA) is 77.5 Å². The van der Waals surface area contributed by atoms with Gasteiger partial charge in [0.1, 0.15) is 24.0 Å². The van der Waals surface area contributed by atoms with Crippen LogP contribution in [0.5, 0.6) is 17.2 Å². The van der Waals surface area contributed by atoms with Gasteiger partial charge in [-0.3, -0.25) is 0 Å². The molecule has 186 valence electrons. The standard InChI is InChI=1S/C33H26N2O3/c1-2-36-30-18-23(15-17-29(30)37-20-24-11-7-10-21-8-3-5-12-25(21)24)31-27-16-14-22-9-4-6-13-26(22)32(27)38-33(35)28(31)19-34/h3-18,31H,2,20,35H2,1H3/t31-/m1/s1. The second-order valence-corrected chi connectivity index (χ2v) is 9.20. The summed E-state index contributed by atoms with van der Waals surface area (Å²) < 4.78 is 18.3. The quantitative estimate of drug-likeness (QED) is 0.268. The highest BCUT2D eigenvalue weighted by Crippen LogP contribution is 2.46. The van der Waals surface area contributed by atoms with Gasteiger partial charge in [-0.25, -0.2) is 0 Å². The van der Waals surface area contributed by atoms with Gasteiger partial charge in [-0.15, -0.1) is 0 Å². The van der Waals surface area contributed by atoms with Crippen LogP contribution in [-0.4, -0.2) is 6.61 Å². The minimum absolute atomic E-state index is 0.121. The van der Waals surface area contributed by atoms with E-state index in [9.17, 15) is 5.26 Å². The molecule has 0 spiro atoms. The molecule has 0 unspecified atom stereocenters. The van der Waals surface area contributed by atoms with Crippen molar-refractivity contribution in [3.63, 3.8) is 0 Å². The van der Waals surface area contributed by atoms with E-state index in [2.05, 4.69) is 30.3 Å². The molecular formula is C33H26N2O3. The van der Waals surface area contributed by atoms with E-state index in [4.69, 9.17) is 19.9 Å². The van der Waals surface area contributed by atoms with Crippen molar-refractivity contribution in [3.05, 3.63) is 125 Å². The molecule has 6 rings (SSSR count). The van der Waals surface area contributed by atoms with E-state index >= 15 is 0 Å². The molecule has 0 amide bonds. The maximum atomic E-state index is 10.0. The molecule has 2 N–H and O–H groups in total. The highest BCUT2D eigenvalue weighted by molar-refractivity contribution is 5.91. The summed E-state index contributed by atoms with van der Waals surface area (Å²) in [4.78, 5) is 0. The number of nitrogens with zero attached hydrogens (tertiary/aromatic N) is 1. The molecule has 1 heterocycles. The Bertz CT molecular complexity index is 1740. The molecule has 1 aliphatic heterocycles. The van der Waals surface area contributed by atoms with Crippen molar-refractivity contribution in [3.8, 4) is 23.3 Å². The van der Waals surface area contributed by atoms with Gasteiger partial charge in [0, 0.05) is 10.9 Å². The van der Waals surface area contributed by atoms with Crippen LogP contribution in [-0.2, 0) is 6.61 Å². The Morgan fingerprint density at radius 3 is 2.34 bits per heavy atom. The molecule has 5 nitrogen and oxygen atoms in total. The first-order valence-corrected chi connectivity index (χ1v) is 12.6. The highest BCUT2D eigenvalue weighted by atomic mass is 16.5. The number of benzene rings is 5. The van der Waals surface area contributed by atoms with E-state index in [1.165, 1.54) is 5.39 Å². The van der Waals surface area contributed by atoms with Crippen LogP contribution in [0.15, 0.2) is 109 Å². The van der Waals surface area contributed by atoms with Crippen LogP contribution in [0.25, 0.3) is 21.5 Å². The number of rotatable bonds is 6. The first kappa shape index (κ1) is 23.4. The van der Waals surface area contributed by atoms with Gasteiger partial charge in [-0.05, 0) is 46.3 Å². The van der Waals surface area contributed by atoms with Crippen molar-refractivity contribution >= 4 is 21.5 Å². The van der Waals surface area contributed by atoms with Crippen molar-refractivity contribution in [1.82, 2.24) is 0 Å². The van der Waals surface area contributed by atoms with Gasteiger partial charge >= 0.3 is 0 Å². The van der Waals surface area contributed by atoms with Crippen molar-refractivity contribution < 1.29 is 14.2 Å². The van der Waals surface area contributed by atoms with Crippen LogP contribution in [0.1, 0.15) is 29.5 Å². The summed E-state index contributed by atoms with van der Waals surface area (Å²) in [6.07, 6.45) is 0. The molecule has 0 saturated heterocycles. The molecule has 0 fully saturated rings. The third kappa shape index (κ3) is 4.07. The predicted molar refractivity (Wildman–Crippen MR) is 149 cm³/mol. The Morgan fingerprint density at radius 1 is 0.816 bits per heavy atom. The first-order chi connectivity index (χ1) is 18.7. The summed E-state index contributed by atoms with van der Waals surface area (Å²) in [5, 5.41) is 14.4. The molecule has 38 heavy (non-hydrogen) atoms. The van der Waals surface area contributed by atoms with Crippen LogP contribution in [0.4, 0.5) is 0 Å². The second-order valence-electron chi connectivity index (χ2n) is 9.20. The molecule has 5 aromatic carbocycles. The Hall–Kier alpha value is -4.95. The lowest BCUT2D eigenvalue weighted by Gasteiger charge is -2.28. The monoisotopic (exact) mass is 498 g/mol. The number of hydrogen-bond acceptors (Lipinski definition) is 5. The molecule has 5 heteroatoms. The van der Waals surface area contributed by atoms with Crippen molar-refractivity contribution in [2.45, 2.75) is 19.4 Å². The predicted octanol–water partition coefficient (Wildman–Crippen LogP) is 7.19. The summed E-state index contributed by atoms with van der Waals surface area (Å²) in [6, 6.07) is 34.6. The lowest BCUT2D eigenvalue weighted by molar-refractivity contribution is 0.270. The summed E-state index contributed by atoms with van der Waals surface area (Å²) in [5.41, 5.74) is 9.53. The fourth-order valence-corrected chi connectivity index (χ4v) is 5.20. The lowest BCUT2D eigenvalue weighted by atomic mass is 9.82. The number of ether oxygens (including phenoxy) is 3. The molecule has 0 bridgehead atoms. The number of fused-ring (bicyclic) bond motifs is 4. The number of nitrogens with two attached hydrogens (primary N) is 1. The summed E-state index contributed by atoms with van der Waals surface area (Å²) in [5.74, 6) is 1.67. The van der Waals surface area contributed by atoms with E-state index in [0.29, 0.717) is 36.0 Å². The highest BCUT2D eigenvalue weighted by Gasteiger charge is 2.32. The van der Waals surface area contributed by atoms with E-state index in [1.807, 2.05) is 79.7 Å². The fraction of sp³-hybridized carbons (Fsp3) is 0.121. The van der Waals surface area contributed by atoms with E-state index in [1.54, 1.807) is 0 Å². The van der Waals surface area contributed by atoms with E-state index < -0.39 is 0 Å². The Morgan fingerprint density at radius 2 is 1.55 bits per heavy atom. The average Bonchev–Trinajstić information content (AvgIpc) is 2.96. The van der Waals surface area contributed by atoms with E-state index in [-0.39, 0.29) is 11.8 Å². The lowest BCUT2D eigenvalue weighted by Crippen LogP contribution is -2.21. The number of nitriles is 1. The molecular weight excluding hydrogens is 472 g/mol. The summed E-state index contributed by atoms with van der Waals surface area (Å²) in [7, 11) is 0. The van der Waals surface area contributed by atoms with Gasteiger partial charge in [-0.1, -0.05) is 84.9 Å². The first-order valence-electron chi connectivity index (χ1n) is 12.6. The van der Waals surface area contributed by atoms with Gasteiger partial charge in [0.2, 0.25) is 5.88 Å².